The summed E-state index contributed by atoms with van der Waals surface area (Å²) < 4.78 is 58.3. The number of hydrogen-bond donors (Lipinski definition) is 1. The van der Waals surface area contributed by atoms with Crippen LogP contribution in [0, 0.1) is 5.41 Å². The van der Waals surface area contributed by atoms with Crippen LogP contribution < -0.4 is 15.2 Å². The molecule has 0 saturated carbocycles. The lowest BCUT2D eigenvalue weighted by Gasteiger charge is -2.33. The molecule has 1 aliphatic rings. The summed E-state index contributed by atoms with van der Waals surface area (Å²) in [6, 6.07) is 30.0. The first kappa shape index (κ1) is 51.6. The van der Waals surface area contributed by atoms with Crippen molar-refractivity contribution in [1.82, 2.24) is 0 Å². The van der Waals surface area contributed by atoms with E-state index in [1.807, 2.05) is 66.7 Å². The van der Waals surface area contributed by atoms with E-state index in [0.29, 0.717) is 57.6 Å². The normalized spacial score (nSPS) is 14.6. The Balaban J connectivity index is 1.20. The van der Waals surface area contributed by atoms with Crippen molar-refractivity contribution < 1.29 is 61.8 Å². The number of benzene rings is 4. The molecule has 14 nitrogen and oxygen atoms in total. The smallest absolute Gasteiger partial charge is 0.306 e. The Hall–Kier alpha value is -5.35. The van der Waals surface area contributed by atoms with Gasteiger partial charge >= 0.3 is 11.9 Å². The maximum Gasteiger partial charge on any atom is 0.306 e. The number of hydrogen-bond acceptors (Lipinski definition) is 13. The van der Waals surface area contributed by atoms with Crippen molar-refractivity contribution >= 4 is 17.8 Å². The Labute approximate surface area is 389 Å². The lowest BCUT2D eigenvalue weighted by molar-refractivity contribution is -0.161. The summed E-state index contributed by atoms with van der Waals surface area (Å²) >= 11 is 0. The van der Waals surface area contributed by atoms with Gasteiger partial charge in [-0.25, -0.2) is 0 Å². The Morgan fingerprint density at radius 2 is 1.08 bits per heavy atom. The summed E-state index contributed by atoms with van der Waals surface area (Å²) in [5.41, 5.74) is 11.6. The zero-order chi connectivity index (χ0) is 46.8. The Kier molecular flexibility index (Phi) is 22.4. The monoisotopic (exact) mass is 913 g/mol. The van der Waals surface area contributed by atoms with E-state index in [9.17, 15) is 14.4 Å². The van der Waals surface area contributed by atoms with Crippen molar-refractivity contribution in [3.8, 4) is 11.5 Å². The highest BCUT2D eigenvalue weighted by molar-refractivity contribution is 5.79. The molecule has 4 aromatic rings. The molecule has 14 heteroatoms. The second-order valence-electron chi connectivity index (χ2n) is 16.6. The van der Waals surface area contributed by atoms with Crippen LogP contribution in [0.25, 0.3) is 0 Å². The molecule has 1 fully saturated rings. The first-order chi connectivity index (χ1) is 32.1. The van der Waals surface area contributed by atoms with Gasteiger partial charge in [0.2, 0.25) is 5.91 Å². The molecule has 2 atom stereocenters. The molecule has 5 rings (SSSR count). The van der Waals surface area contributed by atoms with E-state index < -0.39 is 17.3 Å². The van der Waals surface area contributed by atoms with Crippen LogP contribution in [-0.4, -0.2) is 91.2 Å². The molecule has 2 unspecified atom stereocenters. The van der Waals surface area contributed by atoms with Crippen LogP contribution >= 0.6 is 0 Å². The third-order valence-corrected chi connectivity index (χ3v) is 11.0. The number of ether oxygens (including phenoxy) is 10. The minimum Gasteiger partial charge on any atom is -0.493 e. The van der Waals surface area contributed by atoms with E-state index in [4.69, 9.17) is 53.1 Å². The Morgan fingerprint density at radius 3 is 1.58 bits per heavy atom. The predicted octanol–water partition coefficient (Wildman–Crippen LogP) is 7.40. The number of primary amides is 1. The fourth-order valence-electron chi connectivity index (χ4n) is 7.16. The van der Waals surface area contributed by atoms with Crippen molar-refractivity contribution in [2.75, 3.05) is 67.1 Å². The minimum atomic E-state index is -0.921. The van der Waals surface area contributed by atoms with Crippen LogP contribution in [0.2, 0.25) is 0 Å². The number of amides is 1. The molecular formula is C52H67NO13. The molecule has 1 aliphatic heterocycles. The zero-order valence-electron chi connectivity index (χ0n) is 38.8. The van der Waals surface area contributed by atoms with E-state index in [-0.39, 0.29) is 58.1 Å². The highest BCUT2D eigenvalue weighted by Crippen LogP contribution is 2.28. The van der Waals surface area contributed by atoms with E-state index >= 15 is 0 Å². The average Bonchev–Trinajstić information content (AvgIpc) is 3.33. The Morgan fingerprint density at radius 1 is 0.576 bits per heavy atom. The van der Waals surface area contributed by atoms with E-state index in [0.717, 1.165) is 77.7 Å². The number of carbonyl (C=O) groups excluding carboxylic acids is 3. The first-order valence-electron chi connectivity index (χ1n) is 22.7. The van der Waals surface area contributed by atoms with E-state index in [1.54, 1.807) is 14.2 Å². The molecule has 2 N–H and O–H groups in total. The van der Waals surface area contributed by atoms with Crippen molar-refractivity contribution in [2.24, 2.45) is 11.1 Å². The third-order valence-electron chi connectivity index (χ3n) is 11.0. The zero-order valence-corrected chi connectivity index (χ0v) is 38.8. The van der Waals surface area contributed by atoms with Gasteiger partial charge in [0.05, 0.1) is 92.1 Å². The van der Waals surface area contributed by atoms with Gasteiger partial charge in [0, 0.05) is 26.4 Å². The van der Waals surface area contributed by atoms with Gasteiger partial charge in [0.1, 0.15) is 6.61 Å². The first-order valence-corrected chi connectivity index (χ1v) is 22.7. The van der Waals surface area contributed by atoms with Crippen molar-refractivity contribution in [3.05, 3.63) is 130 Å². The molecule has 1 amide bonds. The highest BCUT2D eigenvalue weighted by atomic mass is 16.7. The van der Waals surface area contributed by atoms with Crippen molar-refractivity contribution in [1.29, 1.82) is 0 Å². The third kappa shape index (κ3) is 19.2. The molecular weight excluding hydrogens is 847 g/mol. The minimum absolute atomic E-state index is 0.0778. The molecule has 358 valence electrons. The molecule has 66 heavy (non-hydrogen) atoms. The lowest BCUT2D eigenvalue weighted by Crippen LogP contribution is -2.42. The van der Waals surface area contributed by atoms with Crippen LogP contribution in [0.3, 0.4) is 0 Å². The van der Waals surface area contributed by atoms with Gasteiger partial charge in [-0.15, -0.1) is 0 Å². The molecule has 0 aliphatic carbocycles. The second kappa shape index (κ2) is 28.6. The summed E-state index contributed by atoms with van der Waals surface area (Å²) in [5.74, 6) is -0.118. The fourth-order valence-corrected chi connectivity index (χ4v) is 7.16. The van der Waals surface area contributed by atoms with Gasteiger partial charge in [0.25, 0.3) is 0 Å². The quantitative estimate of drug-likeness (QED) is 0.0392. The maximum absolute atomic E-state index is 12.9. The van der Waals surface area contributed by atoms with Crippen LogP contribution in [0.15, 0.2) is 91.0 Å². The fraction of sp³-hybridized carbons (Fsp3) is 0.481. The van der Waals surface area contributed by atoms with E-state index in [1.165, 1.54) is 6.92 Å². The number of esters is 2. The van der Waals surface area contributed by atoms with Gasteiger partial charge in [0.15, 0.2) is 17.8 Å². The van der Waals surface area contributed by atoms with E-state index in [2.05, 4.69) is 24.3 Å². The summed E-state index contributed by atoms with van der Waals surface area (Å²) in [7, 11) is 3.22. The molecule has 0 aromatic heterocycles. The Bertz CT molecular complexity index is 2040. The number of carbonyl (C=O) groups is 3. The lowest BCUT2D eigenvalue weighted by atomic mass is 9.92. The second-order valence-corrected chi connectivity index (χ2v) is 16.6. The van der Waals surface area contributed by atoms with Crippen molar-refractivity contribution in [2.45, 2.75) is 91.0 Å². The average molecular weight is 914 g/mol. The standard InChI is InChI=1S/C52H67NO13/c1-39(54)63-28-24-41-9-15-44(16-10-41)32-61-36-52(38-66-50(56)22-21-49(53)55,37-62-33-45-17-11-42(12-18-45)25-29-65-51-6-4-5-26-64-51)35-60-31-43-13-7-40(8-14-43)23-27-59-34-46-19-20-47(57-2)48(30-46)58-3/h7-20,30,51H,4-6,21-29,31-38H2,1-3H3,(H2,53,55). The molecule has 1 heterocycles. The van der Waals surface area contributed by atoms with Gasteiger partial charge in [-0.2, -0.15) is 0 Å². The van der Waals surface area contributed by atoms with Crippen LogP contribution in [0.5, 0.6) is 11.5 Å². The molecule has 4 aromatic carbocycles. The summed E-state index contributed by atoms with van der Waals surface area (Å²) in [4.78, 5) is 35.5. The predicted molar refractivity (Wildman–Crippen MR) is 247 cm³/mol. The number of nitrogens with two attached hydrogens (primary N) is 1. The summed E-state index contributed by atoms with van der Waals surface area (Å²) in [5, 5.41) is 0. The van der Waals surface area contributed by atoms with Gasteiger partial charge < -0.3 is 53.1 Å². The molecule has 0 radical (unpaired) electrons. The van der Waals surface area contributed by atoms with Crippen LogP contribution in [0.4, 0.5) is 0 Å². The largest absolute Gasteiger partial charge is 0.493 e. The molecule has 0 spiro atoms. The number of rotatable bonds is 31. The topological polar surface area (TPSA) is 170 Å². The maximum atomic E-state index is 12.9. The molecule has 1 saturated heterocycles. The van der Waals surface area contributed by atoms with Gasteiger partial charge in [-0.05, 0) is 83.2 Å². The van der Waals surface area contributed by atoms with Gasteiger partial charge in [-0.3, -0.25) is 14.4 Å². The highest BCUT2D eigenvalue weighted by Gasteiger charge is 2.34. The summed E-state index contributed by atoms with van der Waals surface area (Å²) in [6.45, 7) is 5.24. The van der Waals surface area contributed by atoms with Crippen molar-refractivity contribution in [3.63, 3.8) is 0 Å². The van der Waals surface area contributed by atoms with Crippen LogP contribution in [-0.2, 0) is 98.0 Å². The van der Waals surface area contributed by atoms with Gasteiger partial charge in [-0.1, -0.05) is 78.9 Å². The number of methoxy groups -OCH3 is 2. The van der Waals surface area contributed by atoms with Crippen LogP contribution in [0.1, 0.15) is 78.0 Å². The summed E-state index contributed by atoms with van der Waals surface area (Å²) in [6.07, 6.45) is 4.87. The molecule has 0 bridgehead atoms. The SMILES string of the molecule is COc1ccc(COCCc2ccc(COCC(COCc3ccc(CCOC(C)=O)cc3)(COCc3ccc(CCOC4CCCCO4)cc3)COC(=O)CCC(N)=O)cc2)cc1OC.